The van der Waals surface area contributed by atoms with Crippen LogP contribution in [0.4, 0.5) is 5.69 Å². The fraction of sp³-hybridized carbons (Fsp3) is 0. The van der Waals surface area contributed by atoms with Gasteiger partial charge >= 0.3 is 0 Å². The second-order valence-corrected chi connectivity index (χ2v) is 10.4. The minimum atomic E-state index is 0.368. The van der Waals surface area contributed by atoms with Gasteiger partial charge in [-0.15, -0.1) is 0 Å². The number of hydrogen-bond acceptors (Lipinski definition) is 1. The van der Waals surface area contributed by atoms with Crippen LogP contribution in [0, 0.1) is 17.9 Å². The maximum Gasteiger partial charge on any atom is 0.204 e. The van der Waals surface area contributed by atoms with Crippen molar-refractivity contribution in [2.24, 2.45) is 0 Å². The summed E-state index contributed by atoms with van der Waals surface area (Å²) in [6, 6.07) is 48.4. The SMILES string of the molecule is [C-]#[N+]c1ccc(-n2c3ccccc3c3cc(-c4cccc5c4c4ccccc4n5-c4ccccc4)ccc32)cc1C#N. The quantitative estimate of drug-likeness (QED) is 0.208. The second kappa shape index (κ2) is 9.24. The van der Waals surface area contributed by atoms with Crippen molar-refractivity contribution < 1.29 is 0 Å². The third-order valence-corrected chi connectivity index (χ3v) is 8.17. The lowest BCUT2D eigenvalue weighted by molar-refractivity contribution is 1.18. The van der Waals surface area contributed by atoms with E-state index in [-0.39, 0.29) is 0 Å². The average Bonchev–Trinajstić information content (AvgIpc) is 3.57. The Morgan fingerprint density at radius 3 is 2.00 bits per heavy atom. The van der Waals surface area contributed by atoms with Gasteiger partial charge in [-0.1, -0.05) is 78.9 Å². The van der Waals surface area contributed by atoms with Crippen LogP contribution in [0.25, 0.3) is 71.0 Å². The minimum absolute atomic E-state index is 0.368. The van der Waals surface area contributed by atoms with E-state index in [1.54, 1.807) is 6.07 Å². The lowest BCUT2D eigenvalue weighted by Crippen LogP contribution is -1.94. The van der Waals surface area contributed by atoms with E-state index in [9.17, 15) is 5.26 Å². The van der Waals surface area contributed by atoms with Crippen molar-refractivity contribution in [3.05, 3.63) is 150 Å². The summed E-state index contributed by atoms with van der Waals surface area (Å²) < 4.78 is 4.53. The van der Waals surface area contributed by atoms with E-state index in [1.165, 1.54) is 27.4 Å². The van der Waals surface area contributed by atoms with Crippen LogP contribution in [0.15, 0.2) is 133 Å². The van der Waals surface area contributed by atoms with Crippen LogP contribution in [0.1, 0.15) is 5.56 Å². The number of nitriles is 1. The Labute approximate surface area is 242 Å². The van der Waals surface area contributed by atoms with Crippen molar-refractivity contribution in [3.8, 4) is 28.6 Å². The molecule has 6 aromatic carbocycles. The molecule has 0 saturated carbocycles. The van der Waals surface area contributed by atoms with Gasteiger partial charge in [-0.2, -0.15) is 5.26 Å². The highest BCUT2D eigenvalue weighted by Gasteiger charge is 2.18. The number of benzene rings is 6. The highest BCUT2D eigenvalue weighted by molar-refractivity contribution is 6.17. The van der Waals surface area contributed by atoms with Gasteiger partial charge in [0.15, 0.2) is 0 Å². The van der Waals surface area contributed by atoms with Crippen LogP contribution in [0.2, 0.25) is 0 Å². The summed E-state index contributed by atoms with van der Waals surface area (Å²) in [7, 11) is 0. The molecule has 0 radical (unpaired) electrons. The van der Waals surface area contributed by atoms with Crippen molar-refractivity contribution in [2.45, 2.75) is 0 Å². The highest BCUT2D eigenvalue weighted by atomic mass is 15.0. The van der Waals surface area contributed by atoms with Crippen LogP contribution in [0.5, 0.6) is 0 Å². The van der Waals surface area contributed by atoms with Gasteiger partial charge in [0.2, 0.25) is 5.69 Å². The molecule has 42 heavy (non-hydrogen) atoms. The van der Waals surface area contributed by atoms with E-state index in [1.807, 2.05) is 18.2 Å². The molecule has 0 N–H and O–H groups in total. The van der Waals surface area contributed by atoms with Crippen LogP contribution < -0.4 is 0 Å². The minimum Gasteiger partial charge on any atom is -0.309 e. The van der Waals surface area contributed by atoms with Crippen LogP contribution in [-0.4, -0.2) is 9.13 Å². The third-order valence-electron chi connectivity index (χ3n) is 8.17. The number of fused-ring (bicyclic) bond motifs is 6. The van der Waals surface area contributed by atoms with Crippen molar-refractivity contribution >= 4 is 49.3 Å². The van der Waals surface area contributed by atoms with Crippen molar-refractivity contribution in [2.75, 3.05) is 0 Å². The third kappa shape index (κ3) is 3.40. The first-order valence-corrected chi connectivity index (χ1v) is 13.8. The molecule has 2 aromatic heterocycles. The van der Waals surface area contributed by atoms with Gasteiger partial charge in [0.1, 0.15) is 0 Å². The van der Waals surface area contributed by atoms with Crippen LogP contribution in [0.3, 0.4) is 0 Å². The Balaban J connectivity index is 1.41. The summed E-state index contributed by atoms with van der Waals surface area (Å²) in [5.74, 6) is 0. The first-order chi connectivity index (χ1) is 20.8. The molecule has 0 unspecified atom stereocenters. The normalized spacial score (nSPS) is 11.3. The maximum atomic E-state index is 9.69. The first-order valence-electron chi connectivity index (χ1n) is 13.8. The first kappa shape index (κ1) is 23.8. The van der Waals surface area contributed by atoms with Gasteiger partial charge in [-0.05, 0) is 65.7 Å². The lowest BCUT2D eigenvalue weighted by Gasteiger charge is -2.10. The van der Waals surface area contributed by atoms with Gasteiger partial charge in [0.05, 0.1) is 40.3 Å². The smallest absolute Gasteiger partial charge is 0.204 e. The zero-order valence-corrected chi connectivity index (χ0v) is 22.5. The van der Waals surface area contributed by atoms with Gasteiger partial charge in [-0.3, -0.25) is 0 Å². The second-order valence-electron chi connectivity index (χ2n) is 10.4. The average molecular weight is 535 g/mol. The molecule has 0 atom stereocenters. The van der Waals surface area contributed by atoms with Gasteiger partial charge in [-0.25, -0.2) is 4.85 Å². The van der Waals surface area contributed by atoms with E-state index in [0.717, 1.165) is 38.7 Å². The Kier molecular flexibility index (Phi) is 5.22. The van der Waals surface area contributed by atoms with Crippen LogP contribution in [-0.2, 0) is 0 Å². The molecular formula is C38H22N4. The number of rotatable bonds is 3. The fourth-order valence-corrected chi connectivity index (χ4v) is 6.38. The molecule has 4 heteroatoms. The lowest BCUT2D eigenvalue weighted by atomic mass is 9.98. The topological polar surface area (TPSA) is 38.0 Å². The summed E-state index contributed by atoms with van der Waals surface area (Å²) >= 11 is 0. The molecule has 0 aliphatic heterocycles. The van der Waals surface area contributed by atoms with Crippen molar-refractivity contribution in [1.29, 1.82) is 5.26 Å². The number of hydrogen-bond donors (Lipinski definition) is 0. The molecular weight excluding hydrogens is 512 g/mol. The molecule has 4 nitrogen and oxygen atoms in total. The molecule has 0 aliphatic rings. The maximum absolute atomic E-state index is 9.69. The summed E-state index contributed by atoms with van der Waals surface area (Å²) in [5.41, 5.74) is 9.55. The predicted octanol–water partition coefficient (Wildman–Crippen LogP) is 9.97. The standard InChI is InChI=1S/C38H22N4/c1-40-33-20-19-28(22-26(33)24-39)42-34-15-7-5-12-30(34)32-23-25(18-21-36(32)42)29-14-9-17-37-38(29)31-13-6-8-16-35(31)41(37)27-10-3-2-4-11-27/h2-23H. The van der Waals surface area contributed by atoms with E-state index in [4.69, 9.17) is 6.57 Å². The molecule has 8 rings (SSSR count). The zero-order valence-electron chi connectivity index (χ0n) is 22.5. The predicted molar refractivity (Wildman–Crippen MR) is 172 cm³/mol. The molecule has 0 spiro atoms. The summed E-state index contributed by atoms with van der Waals surface area (Å²) in [5, 5.41) is 14.4. The molecule has 8 aromatic rings. The van der Waals surface area contributed by atoms with E-state index in [2.05, 4.69) is 129 Å². The van der Waals surface area contributed by atoms with Crippen molar-refractivity contribution in [3.63, 3.8) is 0 Å². The summed E-state index contributed by atoms with van der Waals surface area (Å²) in [6.45, 7) is 7.42. The Morgan fingerprint density at radius 1 is 0.548 bits per heavy atom. The molecule has 0 bridgehead atoms. The molecule has 194 valence electrons. The fourth-order valence-electron chi connectivity index (χ4n) is 6.38. The Bertz CT molecular complexity index is 2430. The van der Waals surface area contributed by atoms with Gasteiger partial charge in [0, 0.05) is 32.9 Å². The molecule has 0 aliphatic carbocycles. The van der Waals surface area contributed by atoms with E-state index >= 15 is 0 Å². The number of aromatic nitrogens is 2. The highest BCUT2D eigenvalue weighted by Crippen LogP contribution is 2.41. The van der Waals surface area contributed by atoms with Crippen LogP contribution >= 0.6 is 0 Å². The Hall–Kier alpha value is -6.10. The number of para-hydroxylation sites is 3. The largest absolute Gasteiger partial charge is 0.309 e. The van der Waals surface area contributed by atoms with E-state index < -0.39 is 0 Å². The van der Waals surface area contributed by atoms with Gasteiger partial charge < -0.3 is 9.13 Å². The molecule has 0 saturated heterocycles. The Morgan fingerprint density at radius 2 is 1.21 bits per heavy atom. The van der Waals surface area contributed by atoms with E-state index in [0.29, 0.717) is 11.3 Å². The molecule has 0 fully saturated rings. The van der Waals surface area contributed by atoms with Crippen molar-refractivity contribution in [1.82, 2.24) is 9.13 Å². The molecule has 2 heterocycles. The zero-order chi connectivity index (χ0) is 28.2. The number of nitrogens with zero attached hydrogens (tertiary/aromatic N) is 4. The van der Waals surface area contributed by atoms with Gasteiger partial charge in [0.25, 0.3) is 0 Å². The summed E-state index contributed by atoms with van der Waals surface area (Å²) in [4.78, 5) is 3.52. The molecule has 0 amide bonds. The summed E-state index contributed by atoms with van der Waals surface area (Å²) in [6.07, 6.45) is 0. The monoisotopic (exact) mass is 534 g/mol.